The number of hydrogen-bond donors (Lipinski definition) is 2. The molecule has 3 rings (SSSR count). The standard InChI is InChI=1S/C14H11N3O5/c18-10-4-3-7(12(19)16-10)9-6-15-11-8(14(21)22)2-1-5-17(11)13(9)20/h1-2,5-7H,3-4H2,(H,21,22)(H,16,18,19). The molecule has 0 radical (unpaired) electrons. The maximum Gasteiger partial charge on any atom is 0.339 e. The molecule has 22 heavy (non-hydrogen) atoms. The second-order valence-corrected chi connectivity index (χ2v) is 4.94. The minimum Gasteiger partial charge on any atom is -0.478 e. The first-order valence-electron chi connectivity index (χ1n) is 6.56. The molecule has 112 valence electrons. The summed E-state index contributed by atoms with van der Waals surface area (Å²) in [5.41, 5.74) is -0.460. The molecule has 0 spiro atoms. The molecule has 0 aromatic carbocycles. The fourth-order valence-corrected chi connectivity index (χ4v) is 2.52. The lowest BCUT2D eigenvalue weighted by molar-refractivity contribution is -0.134. The van der Waals surface area contributed by atoms with Crippen LogP contribution in [0.1, 0.15) is 34.7 Å². The average molecular weight is 301 g/mol. The number of fused-ring (bicyclic) bond motifs is 1. The number of aromatic nitrogens is 2. The summed E-state index contributed by atoms with van der Waals surface area (Å²) in [6, 6.07) is 2.77. The third-order valence-electron chi connectivity index (χ3n) is 3.60. The van der Waals surface area contributed by atoms with Gasteiger partial charge in [0.1, 0.15) is 5.56 Å². The lowest BCUT2D eigenvalue weighted by Crippen LogP contribution is -2.41. The first kappa shape index (κ1) is 13.9. The van der Waals surface area contributed by atoms with Gasteiger partial charge in [-0.2, -0.15) is 0 Å². The Bertz CT molecular complexity index is 870. The molecule has 1 aliphatic heterocycles. The van der Waals surface area contributed by atoms with E-state index in [-0.39, 0.29) is 35.5 Å². The molecular formula is C14H11N3O5. The number of hydrogen-bond acceptors (Lipinski definition) is 5. The van der Waals surface area contributed by atoms with E-state index in [1.54, 1.807) is 0 Å². The van der Waals surface area contributed by atoms with Crippen molar-refractivity contribution in [3.63, 3.8) is 0 Å². The molecule has 2 N–H and O–H groups in total. The molecule has 2 aromatic heterocycles. The third kappa shape index (κ3) is 2.14. The number of piperidine rings is 1. The van der Waals surface area contributed by atoms with E-state index in [0.29, 0.717) is 0 Å². The molecule has 1 fully saturated rings. The number of nitrogens with one attached hydrogen (secondary N) is 1. The largest absolute Gasteiger partial charge is 0.478 e. The van der Waals surface area contributed by atoms with E-state index in [4.69, 9.17) is 5.11 Å². The Morgan fingerprint density at radius 3 is 2.82 bits per heavy atom. The number of carboxylic acids is 1. The van der Waals surface area contributed by atoms with Crippen molar-refractivity contribution >= 4 is 23.4 Å². The second-order valence-electron chi connectivity index (χ2n) is 4.94. The Morgan fingerprint density at radius 1 is 1.36 bits per heavy atom. The van der Waals surface area contributed by atoms with E-state index >= 15 is 0 Å². The maximum atomic E-state index is 12.5. The molecule has 2 amide bonds. The molecule has 3 heterocycles. The summed E-state index contributed by atoms with van der Waals surface area (Å²) in [5, 5.41) is 11.3. The molecule has 1 aliphatic rings. The summed E-state index contributed by atoms with van der Waals surface area (Å²) < 4.78 is 1.10. The van der Waals surface area contributed by atoms with Crippen molar-refractivity contribution in [3.8, 4) is 0 Å². The van der Waals surface area contributed by atoms with E-state index in [1.807, 2.05) is 0 Å². The monoisotopic (exact) mass is 301 g/mol. The number of imide groups is 1. The van der Waals surface area contributed by atoms with Crippen LogP contribution in [-0.2, 0) is 9.59 Å². The van der Waals surface area contributed by atoms with Gasteiger partial charge in [-0.3, -0.25) is 24.1 Å². The van der Waals surface area contributed by atoms with Gasteiger partial charge in [0.25, 0.3) is 5.56 Å². The number of rotatable bonds is 2. The van der Waals surface area contributed by atoms with Crippen LogP contribution < -0.4 is 10.9 Å². The first-order valence-corrected chi connectivity index (χ1v) is 6.56. The molecule has 0 saturated carbocycles. The van der Waals surface area contributed by atoms with Gasteiger partial charge in [0.05, 0.1) is 5.92 Å². The first-order chi connectivity index (χ1) is 10.5. The quantitative estimate of drug-likeness (QED) is 0.749. The summed E-state index contributed by atoms with van der Waals surface area (Å²) in [7, 11) is 0. The Hall–Kier alpha value is -3.03. The van der Waals surface area contributed by atoms with Gasteiger partial charge in [-0.25, -0.2) is 9.78 Å². The molecule has 2 aromatic rings. The number of amides is 2. The Balaban J connectivity index is 2.16. The fourth-order valence-electron chi connectivity index (χ4n) is 2.52. The van der Waals surface area contributed by atoms with Gasteiger partial charge in [0.15, 0.2) is 5.65 Å². The summed E-state index contributed by atoms with van der Waals surface area (Å²) in [6.07, 6.45) is 2.98. The van der Waals surface area contributed by atoms with Crippen LogP contribution in [0.3, 0.4) is 0 Å². The molecule has 8 nitrogen and oxygen atoms in total. The van der Waals surface area contributed by atoms with Crippen molar-refractivity contribution < 1.29 is 19.5 Å². The van der Waals surface area contributed by atoms with Crippen LogP contribution in [0.4, 0.5) is 0 Å². The molecule has 8 heteroatoms. The molecular weight excluding hydrogens is 290 g/mol. The summed E-state index contributed by atoms with van der Waals surface area (Å²) in [5.74, 6) is -2.87. The minimum absolute atomic E-state index is 0.0102. The van der Waals surface area contributed by atoms with Crippen LogP contribution in [0.2, 0.25) is 0 Å². The van der Waals surface area contributed by atoms with Crippen LogP contribution in [0.15, 0.2) is 29.3 Å². The minimum atomic E-state index is -1.20. The predicted octanol–water partition coefficient (Wildman–Crippen LogP) is -0.0871. The van der Waals surface area contributed by atoms with Crippen molar-refractivity contribution in [3.05, 3.63) is 46.0 Å². The zero-order valence-electron chi connectivity index (χ0n) is 11.3. The topological polar surface area (TPSA) is 118 Å². The summed E-state index contributed by atoms with van der Waals surface area (Å²) in [4.78, 5) is 50.7. The smallest absolute Gasteiger partial charge is 0.339 e. The zero-order chi connectivity index (χ0) is 15.9. The number of carbonyl (C=O) groups excluding carboxylic acids is 2. The van der Waals surface area contributed by atoms with Crippen LogP contribution in [0.5, 0.6) is 0 Å². The number of carboxylic acid groups (broad SMARTS) is 1. The van der Waals surface area contributed by atoms with Crippen molar-refractivity contribution in [1.82, 2.24) is 14.7 Å². The van der Waals surface area contributed by atoms with Crippen LogP contribution in [0.25, 0.3) is 5.65 Å². The van der Waals surface area contributed by atoms with E-state index in [2.05, 4.69) is 10.3 Å². The highest BCUT2D eigenvalue weighted by Gasteiger charge is 2.30. The lowest BCUT2D eigenvalue weighted by atomic mass is 9.92. The van der Waals surface area contributed by atoms with Gasteiger partial charge in [-0.05, 0) is 18.6 Å². The highest BCUT2D eigenvalue weighted by Crippen LogP contribution is 2.22. The highest BCUT2D eigenvalue weighted by atomic mass is 16.4. The number of aromatic carboxylic acids is 1. The normalized spacial score (nSPS) is 18.3. The fraction of sp³-hybridized carbons (Fsp3) is 0.214. The zero-order valence-corrected chi connectivity index (χ0v) is 11.3. The van der Waals surface area contributed by atoms with Gasteiger partial charge in [-0.1, -0.05) is 0 Å². The molecule has 0 aliphatic carbocycles. The molecule has 1 saturated heterocycles. The highest BCUT2D eigenvalue weighted by molar-refractivity contribution is 6.01. The van der Waals surface area contributed by atoms with Gasteiger partial charge in [0, 0.05) is 24.4 Å². The maximum absolute atomic E-state index is 12.5. The van der Waals surface area contributed by atoms with E-state index < -0.39 is 23.4 Å². The van der Waals surface area contributed by atoms with Gasteiger partial charge in [-0.15, -0.1) is 0 Å². The predicted molar refractivity (Wildman–Crippen MR) is 73.5 cm³/mol. The lowest BCUT2D eigenvalue weighted by Gasteiger charge is -2.20. The van der Waals surface area contributed by atoms with Crippen LogP contribution in [-0.4, -0.2) is 32.3 Å². The van der Waals surface area contributed by atoms with E-state index in [0.717, 1.165) is 4.40 Å². The van der Waals surface area contributed by atoms with Crippen molar-refractivity contribution in [2.45, 2.75) is 18.8 Å². The second kappa shape index (κ2) is 5.06. The SMILES string of the molecule is O=C1CCC(c2cnc3c(C(=O)O)cccn3c2=O)C(=O)N1. The molecule has 1 atom stereocenters. The van der Waals surface area contributed by atoms with Gasteiger partial charge >= 0.3 is 5.97 Å². The average Bonchev–Trinajstić information content (AvgIpc) is 2.48. The molecule has 1 unspecified atom stereocenters. The Labute approximate surface area is 123 Å². The number of carbonyl (C=O) groups is 3. The van der Waals surface area contributed by atoms with E-state index in [9.17, 15) is 19.2 Å². The number of pyridine rings is 1. The summed E-state index contributed by atoms with van der Waals surface area (Å²) >= 11 is 0. The summed E-state index contributed by atoms with van der Waals surface area (Å²) in [6.45, 7) is 0. The number of nitrogens with zero attached hydrogens (tertiary/aromatic N) is 2. The Morgan fingerprint density at radius 2 is 2.14 bits per heavy atom. The van der Waals surface area contributed by atoms with Gasteiger partial charge in [0.2, 0.25) is 11.8 Å². The van der Waals surface area contributed by atoms with Crippen molar-refractivity contribution in [2.75, 3.05) is 0 Å². The molecule has 0 bridgehead atoms. The van der Waals surface area contributed by atoms with Crippen molar-refractivity contribution in [1.29, 1.82) is 0 Å². The van der Waals surface area contributed by atoms with Crippen LogP contribution in [0, 0.1) is 0 Å². The Kier molecular flexibility index (Phi) is 3.21. The van der Waals surface area contributed by atoms with Gasteiger partial charge < -0.3 is 5.11 Å². The third-order valence-corrected chi connectivity index (χ3v) is 3.60. The van der Waals surface area contributed by atoms with Crippen molar-refractivity contribution in [2.24, 2.45) is 0 Å². The van der Waals surface area contributed by atoms with E-state index in [1.165, 1.54) is 24.5 Å². The van der Waals surface area contributed by atoms with Crippen LogP contribution >= 0.6 is 0 Å².